The van der Waals surface area contributed by atoms with Crippen molar-refractivity contribution < 1.29 is 9.18 Å². The largest absolute Gasteiger partial charge is 0.320 e. The maximum absolute atomic E-state index is 13.0. The minimum Gasteiger partial charge on any atom is -0.320 e. The summed E-state index contributed by atoms with van der Waals surface area (Å²) in [6.45, 7) is 4.00. The second-order valence-electron chi connectivity index (χ2n) is 6.11. The SMILES string of the molecule is Cc1ccc(C)c(NC(=O)c2ccc(=O)n(Cc3ccc(F)cc3)n2)c1. The molecule has 0 atom stereocenters. The third-order valence-electron chi connectivity index (χ3n) is 3.99. The van der Waals surface area contributed by atoms with Crippen molar-refractivity contribution in [2.24, 2.45) is 0 Å². The van der Waals surface area contributed by atoms with Crippen LogP contribution < -0.4 is 10.9 Å². The number of aromatic nitrogens is 2. The van der Waals surface area contributed by atoms with E-state index in [2.05, 4.69) is 10.4 Å². The maximum Gasteiger partial charge on any atom is 0.276 e. The van der Waals surface area contributed by atoms with Crippen molar-refractivity contribution in [1.29, 1.82) is 0 Å². The summed E-state index contributed by atoms with van der Waals surface area (Å²) in [6, 6.07) is 14.2. The van der Waals surface area contributed by atoms with Gasteiger partial charge in [0.15, 0.2) is 0 Å². The number of nitrogens with zero attached hydrogens (tertiary/aromatic N) is 2. The Morgan fingerprint density at radius 1 is 1.08 bits per heavy atom. The molecule has 0 saturated heterocycles. The van der Waals surface area contributed by atoms with Crippen LogP contribution in [0.4, 0.5) is 10.1 Å². The average Bonchev–Trinajstić information content (AvgIpc) is 2.62. The molecule has 2 aromatic carbocycles. The van der Waals surface area contributed by atoms with Gasteiger partial charge in [-0.2, -0.15) is 5.10 Å². The highest BCUT2D eigenvalue weighted by molar-refractivity contribution is 6.03. The second kappa shape index (κ2) is 7.31. The zero-order valence-corrected chi connectivity index (χ0v) is 14.5. The van der Waals surface area contributed by atoms with Crippen LogP contribution in [0, 0.1) is 19.7 Å². The molecule has 0 spiro atoms. The van der Waals surface area contributed by atoms with E-state index < -0.39 is 5.91 Å². The predicted octanol–water partition coefficient (Wildman–Crippen LogP) is 3.30. The second-order valence-corrected chi connectivity index (χ2v) is 6.11. The van der Waals surface area contributed by atoms with E-state index in [1.165, 1.54) is 28.9 Å². The van der Waals surface area contributed by atoms with Crippen molar-refractivity contribution in [3.8, 4) is 0 Å². The molecule has 0 radical (unpaired) electrons. The normalized spacial score (nSPS) is 10.6. The zero-order chi connectivity index (χ0) is 18.7. The number of amides is 1. The molecule has 6 heteroatoms. The number of carbonyl (C=O) groups is 1. The van der Waals surface area contributed by atoms with Gasteiger partial charge in [-0.25, -0.2) is 9.07 Å². The van der Waals surface area contributed by atoms with Crippen molar-refractivity contribution in [2.45, 2.75) is 20.4 Å². The van der Waals surface area contributed by atoms with Gasteiger partial charge in [0.1, 0.15) is 11.5 Å². The van der Waals surface area contributed by atoms with Gasteiger partial charge < -0.3 is 5.32 Å². The molecule has 0 aliphatic carbocycles. The number of carbonyl (C=O) groups excluding carboxylic acids is 1. The van der Waals surface area contributed by atoms with Gasteiger partial charge in [-0.3, -0.25) is 9.59 Å². The summed E-state index contributed by atoms with van der Waals surface area (Å²) in [5.74, 6) is -0.748. The standard InChI is InChI=1S/C20H18FN3O2/c1-13-3-4-14(2)18(11-13)22-20(26)17-9-10-19(25)24(23-17)12-15-5-7-16(21)8-6-15/h3-11H,12H2,1-2H3,(H,22,26). The molecule has 26 heavy (non-hydrogen) atoms. The molecule has 132 valence electrons. The number of rotatable bonds is 4. The molecule has 0 unspecified atom stereocenters. The van der Waals surface area contributed by atoms with Crippen molar-refractivity contribution in [2.75, 3.05) is 5.32 Å². The van der Waals surface area contributed by atoms with Crippen molar-refractivity contribution in [1.82, 2.24) is 9.78 Å². The van der Waals surface area contributed by atoms with Gasteiger partial charge in [0.25, 0.3) is 11.5 Å². The highest BCUT2D eigenvalue weighted by atomic mass is 19.1. The molecule has 1 aromatic heterocycles. The first-order valence-corrected chi connectivity index (χ1v) is 8.13. The Labute approximate surface area is 150 Å². The lowest BCUT2D eigenvalue weighted by Gasteiger charge is -2.10. The van der Waals surface area contributed by atoms with Crippen LogP contribution in [-0.2, 0) is 6.54 Å². The Morgan fingerprint density at radius 2 is 1.81 bits per heavy atom. The summed E-state index contributed by atoms with van der Waals surface area (Å²) in [5, 5.41) is 6.96. The molecule has 1 amide bonds. The molecule has 1 heterocycles. The Hall–Kier alpha value is -3.28. The smallest absolute Gasteiger partial charge is 0.276 e. The molecule has 3 aromatic rings. The summed E-state index contributed by atoms with van der Waals surface area (Å²) in [7, 11) is 0. The molecule has 0 saturated carbocycles. The van der Waals surface area contributed by atoms with E-state index in [1.807, 2.05) is 32.0 Å². The molecule has 0 fully saturated rings. The third-order valence-corrected chi connectivity index (χ3v) is 3.99. The fraction of sp³-hybridized carbons (Fsp3) is 0.150. The maximum atomic E-state index is 13.0. The lowest BCUT2D eigenvalue weighted by Crippen LogP contribution is -2.26. The summed E-state index contributed by atoms with van der Waals surface area (Å²) in [6.07, 6.45) is 0. The van der Waals surface area contributed by atoms with Crippen LogP contribution in [0.15, 0.2) is 59.4 Å². The molecule has 0 bridgehead atoms. The van der Waals surface area contributed by atoms with Crippen molar-refractivity contribution in [3.63, 3.8) is 0 Å². The first-order chi connectivity index (χ1) is 12.4. The first kappa shape index (κ1) is 17.5. The third kappa shape index (κ3) is 4.03. The van der Waals surface area contributed by atoms with Crippen LogP contribution in [0.2, 0.25) is 0 Å². The highest BCUT2D eigenvalue weighted by Gasteiger charge is 2.12. The van der Waals surface area contributed by atoms with E-state index in [9.17, 15) is 14.0 Å². The van der Waals surface area contributed by atoms with E-state index in [1.54, 1.807) is 12.1 Å². The summed E-state index contributed by atoms with van der Waals surface area (Å²) in [4.78, 5) is 24.5. The van der Waals surface area contributed by atoms with E-state index in [0.29, 0.717) is 11.3 Å². The minimum absolute atomic E-state index is 0.132. The Bertz CT molecular complexity index is 1010. The van der Waals surface area contributed by atoms with Crippen LogP contribution in [0.25, 0.3) is 0 Å². The van der Waals surface area contributed by atoms with Gasteiger partial charge in [0.2, 0.25) is 0 Å². The van der Waals surface area contributed by atoms with E-state index in [0.717, 1.165) is 11.1 Å². The highest BCUT2D eigenvalue weighted by Crippen LogP contribution is 2.17. The topological polar surface area (TPSA) is 64.0 Å². The van der Waals surface area contributed by atoms with Crippen LogP contribution in [0.3, 0.4) is 0 Å². The fourth-order valence-corrected chi connectivity index (χ4v) is 2.50. The number of halogens is 1. The first-order valence-electron chi connectivity index (χ1n) is 8.13. The van der Waals surface area contributed by atoms with Crippen LogP contribution >= 0.6 is 0 Å². The van der Waals surface area contributed by atoms with Gasteiger partial charge in [-0.05, 0) is 54.8 Å². The predicted molar refractivity (Wildman–Crippen MR) is 97.9 cm³/mol. The summed E-state index contributed by atoms with van der Waals surface area (Å²) < 4.78 is 14.2. The fourth-order valence-electron chi connectivity index (χ4n) is 2.50. The van der Waals surface area contributed by atoms with Gasteiger partial charge in [-0.15, -0.1) is 0 Å². The Kier molecular flexibility index (Phi) is 4.93. The molecule has 3 rings (SSSR count). The van der Waals surface area contributed by atoms with E-state index in [-0.39, 0.29) is 23.6 Å². The molecule has 5 nitrogen and oxygen atoms in total. The van der Waals surface area contributed by atoms with Crippen molar-refractivity contribution >= 4 is 11.6 Å². The van der Waals surface area contributed by atoms with Gasteiger partial charge in [0, 0.05) is 11.8 Å². The zero-order valence-electron chi connectivity index (χ0n) is 14.5. The van der Waals surface area contributed by atoms with E-state index in [4.69, 9.17) is 0 Å². The average molecular weight is 351 g/mol. The summed E-state index contributed by atoms with van der Waals surface area (Å²) in [5.41, 5.74) is 3.18. The number of nitrogens with one attached hydrogen (secondary N) is 1. The van der Waals surface area contributed by atoms with Crippen LogP contribution in [0.1, 0.15) is 27.2 Å². The van der Waals surface area contributed by atoms with Gasteiger partial charge >= 0.3 is 0 Å². The number of benzene rings is 2. The van der Waals surface area contributed by atoms with Gasteiger partial charge in [-0.1, -0.05) is 24.3 Å². The number of aryl methyl sites for hydroxylation is 2. The monoisotopic (exact) mass is 351 g/mol. The van der Waals surface area contributed by atoms with E-state index >= 15 is 0 Å². The summed E-state index contributed by atoms with van der Waals surface area (Å²) >= 11 is 0. The quantitative estimate of drug-likeness (QED) is 0.784. The minimum atomic E-state index is -0.397. The molecular weight excluding hydrogens is 333 g/mol. The number of hydrogen-bond acceptors (Lipinski definition) is 3. The number of anilines is 1. The van der Waals surface area contributed by atoms with Crippen molar-refractivity contribution in [3.05, 3.63) is 93.2 Å². The molecular formula is C20H18FN3O2. The number of hydrogen-bond donors (Lipinski definition) is 1. The van der Waals surface area contributed by atoms with Gasteiger partial charge in [0.05, 0.1) is 6.54 Å². The van der Waals surface area contributed by atoms with Crippen LogP contribution in [-0.4, -0.2) is 15.7 Å². The Morgan fingerprint density at radius 3 is 2.54 bits per heavy atom. The molecule has 0 aliphatic rings. The molecule has 1 N–H and O–H groups in total. The molecule has 0 aliphatic heterocycles. The lowest BCUT2D eigenvalue weighted by molar-refractivity contribution is 0.102. The van der Waals surface area contributed by atoms with Crippen LogP contribution in [0.5, 0.6) is 0 Å². The Balaban J connectivity index is 1.84. The lowest BCUT2D eigenvalue weighted by atomic mass is 10.1.